The van der Waals surface area contributed by atoms with Gasteiger partial charge in [-0.3, -0.25) is 18.5 Å². The van der Waals surface area contributed by atoms with Gasteiger partial charge in [-0.25, -0.2) is 8.42 Å². The predicted molar refractivity (Wildman–Crippen MR) is 134 cm³/mol. The van der Waals surface area contributed by atoms with E-state index in [-0.39, 0.29) is 38.4 Å². The molecule has 1 aliphatic rings. The third-order valence-corrected chi connectivity index (χ3v) is 8.71. The number of quaternary nitrogens is 1. The zero-order valence-corrected chi connectivity index (χ0v) is 23.4. The lowest BCUT2D eigenvalue weighted by molar-refractivity contribution is -0.906. The number of nitrogens with one attached hydrogen (secondary N) is 1. The molecular weight excluding hydrogens is 572 g/mol. The zero-order chi connectivity index (χ0) is 28.7. The Hall–Kier alpha value is -1.97. The van der Waals surface area contributed by atoms with Gasteiger partial charge in [0.1, 0.15) is 17.5 Å². The van der Waals surface area contributed by atoms with Crippen molar-refractivity contribution in [3.8, 4) is 0 Å². The molecule has 0 aromatic heterocycles. The molecule has 1 unspecified atom stereocenters. The van der Waals surface area contributed by atoms with E-state index in [4.69, 9.17) is 13.5 Å². The van der Waals surface area contributed by atoms with Gasteiger partial charge in [0.25, 0.3) is 25.9 Å². The van der Waals surface area contributed by atoms with Gasteiger partial charge in [-0.2, -0.15) is 21.1 Å². The van der Waals surface area contributed by atoms with Crippen molar-refractivity contribution < 1.29 is 53.7 Å². The summed E-state index contributed by atoms with van der Waals surface area (Å²) < 4.78 is 83.6. The van der Waals surface area contributed by atoms with Gasteiger partial charge in [-0.15, -0.1) is 0 Å². The van der Waals surface area contributed by atoms with E-state index in [1.165, 1.54) is 11.0 Å². The Morgan fingerprint density at radius 1 is 1.05 bits per heavy atom. The summed E-state index contributed by atoms with van der Waals surface area (Å²) in [5.41, 5.74) is -0.530. The molecule has 0 amide bonds. The normalized spacial score (nSPS) is 16.8. The Bertz CT molecular complexity index is 1240. The second kappa shape index (κ2) is 13.4. The topological polar surface area (TPSA) is 215 Å². The SMILES string of the molecule is CS(=O)(=O)OCCN(CCOS(C)(=O)=O)c1ccc([N+](=O)[O-])cc1S(=O)(=O)N1CC[NH+](CC(O)CO)CC1. The Balaban J connectivity index is 2.41. The van der Waals surface area contributed by atoms with Gasteiger partial charge in [-0.05, 0) is 6.07 Å². The number of aliphatic hydroxyl groups is 2. The highest BCUT2D eigenvalue weighted by Gasteiger charge is 2.35. The summed E-state index contributed by atoms with van der Waals surface area (Å²) in [6.07, 6.45) is 0.702. The molecule has 0 aliphatic carbocycles. The van der Waals surface area contributed by atoms with E-state index in [9.17, 15) is 40.5 Å². The number of nitrogens with zero attached hydrogens (tertiary/aromatic N) is 3. The van der Waals surface area contributed by atoms with Crippen LogP contribution in [0.25, 0.3) is 0 Å². The molecule has 19 heteroatoms. The van der Waals surface area contributed by atoms with E-state index < -0.39 is 71.7 Å². The average molecular weight is 606 g/mol. The van der Waals surface area contributed by atoms with Gasteiger partial charge in [-0.1, -0.05) is 0 Å². The molecule has 1 saturated heterocycles. The zero-order valence-electron chi connectivity index (χ0n) is 20.9. The van der Waals surface area contributed by atoms with Crippen LogP contribution < -0.4 is 9.80 Å². The smallest absolute Gasteiger partial charge is 0.270 e. The quantitative estimate of drug-likeness (QED) is 0.101. The summed E-state index contributed by atoms with van der Waals surface area (Å²) in [5.74, 6) is 0. The van der Waals surface area contributed by atoms with Gasteiger partial charge in [0.05, 0.1) is 69.1 Å². The molecule has 0 radical (unpaired) electrons. The number of rotatable bonds is 15. The fraction of sp³-hybridized carbons (Fsp3) is 0.684. The Morgan fingerprint density at radius 2 is 1.58 bits per heavy atom. The van der Waals surface area contributed by atoms with E-state index >= 15 is 0 Å². The number of sulfonamides is 1. The van der Waals surface area contributed by atoms with Gasteiger partial charge in [0.15, 0.2) is 0 Å². The third-order valence-electron chi connectivity index (χ3n) is 5.59. The molecule has 1 heterocycles. The summed E-state index contributed by atoms with van der Waals surface area (Å²) >= 11 is 0. The summed E-state index contributed by atoms with van der Waals surface area (Å²) in [5, 5.41) is 30.2. The molecule has 16 nitrogen and oxygen atoms in total. The Kier molecular flexibility index (Phi) is 11.4. The highest BCUT2D eigenvalue weighted by molar-refractivity contribution is 7.89. The fourth-order valence-electron chi connectivity index (χ4n) is 3.82. The lowest BCUT2D eigenvalue weighted by atomic mass is 10.2. The van der Waals surface area contributed by atoms with Crippen LogP contribution in [0.1, 0.15) is 0 Å². The molecule has 218 valence electrons. The predicted octanol–water partition coefficient (Wildman–Crippen LogP) is -3.40. The molecule has 0 spiro atoms. The van der Waals surface area contributed by atoms with E-state index in [0.717, 1.165) is 33.8 Å². The highest BCUT2D eigenvalue weighted by Crippen LogP contribution is 2.32. The molecule has 1 fully saturated rings. The molecule has 0 bridgehead atoms. The van der Waals surface area contributed by atoms with Gasteiger partial charge in [0, 0.05) is 25.2 Å². The minimum atomic E-state index is -4.31. The number of benzene rings is 1. The Labute approximate surface area is 221 Å². The second-order valence-electron chi connectivity index (χ2n) is 8.64. The number of anilines is 1. The minimum Gasteiger partial charge on any atom is -0.393 e. The standard InChI is InChI=1S/C19H32N4O12S3/c1-36(28,29)34-11-9-21(10-12-35-37(2,30)31)18-4-3-16(23(26)27)13-19(18)38(32,33)22-7-5-20(6-8-22)14-17(25)15-24/h3-4,13,17,24-25H,5-12,14-15H2,1-2H3/p+1. The van der Waals surface area contributed by atoms with E-state index in [1.807, 2.05) is 0 Å². The number of hydrogen-bond acceptors (Lipinski definition) is 13. The van der Waals surface area contributed by atoms with Crippen LogP contribution in [0.15, 0.2) is 23.1 Å². The molecule has 1 aromatic rings. The van der Waals surface area contributed by atoms with Crippen molar-refractivity contribution in [3.63, 3.8) is 0 Å². The van der Waals surface area contributed by atoms with Crippen LogP contribution in [-0.4, -0.2) is 129 Å². The number of non-ortho nitro benzene ring substituents is 1. The van der Waals surface area contributed by atoms with E-state index in [2.05, 4.69) is 0 Å². The van der Waals surface area contributed by atoms with Gasteiger partial charge in [0.2, 0.25) is 10.0 Å². The first-order valence-corrected chi connectivity index (χ1v) is 16.5. The van der Waals surface area contributed by atoms with Crippen molar-refractivity contribution in [3.05, 3.63) is 28.3 Å². The first-order valence-electron chi connectivity index (χ1n) is 11.4. The maximum atomic E-state index is 13.7. The third kappa shape index (κ3) is 9.97. The van der Waals surface area contributed by atoms with Crippen LogP contribution in [0.5, 0.6) is 0 Å². The first kappa shape index (κ1) is 32.2. The number of hydrogen-bond donors (Lipinski definition) is 3. The molecule has 1 aromatic carbocycles. The molecular formula is C19H33N4O12S3+. The maximum Gasteiger partial charge on any atom is 0.270 e. The number of piperazine rings is 1. The molecule has 0 saturated carbocycles. The fourth-order valence-corrected chi connectivity index (χ4v) is 6.25. The number of nitro benzene ring substituents is 1. The molecule has 1 aliphatic heterocycles. The number of nitro groups is 1. The van der Waals surface area contributed by atoms with Crippen LogP contribution in [0.3, 0.4) is 0 Å². The van der Waals surface area contributed by atoms with Crippen LogP contribution >= 0.6 is 0 Å². The summed E-state index contributed by atoms with van der Waals surface area (Å²) in [6, 6.07) is 3.15. The lowest BCUT2D eigenvalue weighted by Crippen LogP contribution is -3.15. The maximum absolute atomic E-state index is 13.7. The van der Waals surface area contributed by atoms with Crippen molar-refractivity contribution >= 4 is 41.6 Å². The monoisotopic (exact) mass is 605 g/mol. The van der Waals surface area contributed by atoms with Crippen molar-refractivity contribution in [2.45, 2.75) is 11.0 Å². The minimum absolute atomic E-state index is 0.0321. The average Bonchev–Trinajstić information content (AvgIpc) is 2.81. The van der Waals surface area contributed by atoms with Crippen molar-refractivity contribution in [1.82, 2.24) is 4.31 Å². The number of aliphatic hydroxyl groups excluding tert-OH is 2. The summed E-state index contributed by atoms with van der Waals surface area (Å²) in [6.45, 7) is -0.755. The first-order chi connectivity index (χ1) is 17.5. The van der Waals surface area contributed by atoms with Gasteiger partial charge < -0.3 is 20.0 Å². The molecule has 2 rings (SSSR count). The molecule has 38 heavy (non-hydrogen) atoms. The van der Waals surface area contributed by atoms with E-state index in [1.54, 1.807) is 0 Å². The van der Waals surface area contributed by atoms with Crippen LogP contribution in [0.4, 0.5) is 11.4 Å². The summed E-state index contributed by atoms with van der Waals surface area (Å²) in [4.78, 5) is 12.4. The van der Waals surface area contributed by atoms with Crippen molar-refractivity contribution in [2.24, 2.45) is 0 Å². The van der Waals surface area contributed by atoms with Crippen molar-refractivity contribution in [1.29, 1.82) is 0 Å². The van der Waals surface area contributed by atoms with Crippen molar-refractivity contribution in [2.75, 3.05) is 83.0 Å². The Morgan fingerprint density at radius 3 is 2.03 bits per heavy atom. The van der Waals surface area contributed by atoms with Crippen LogP contribution in [0, 0.1) is 10.1 Å². The highest BCUT2D eigenvalue weighted by atomic mass is 32.2. The van der Waals surface area contributed by atoms with Gasteiger partial charge >= 0.3 is 0 Å². The largest absolute Gasteiger partial charge is 0.393 e. The molecule has 1 atom stereocenters. The second-order valence-corrected chi connectivity index (χ2v) is 13.8. The molecule has 3 N–H and O–H groups in total. The van der Waals surface area contributed by atoms with Crippen LogP contribution in [0.2, 0.25) is 0 Å². The lowest BCUT2D eigenvalue weighted by Gasteiger charge is -2.33. The van der Waals surface area contributed by atoms with Crippen LogP contribution in [-0.2, 0) is 38.6 Å². The summed E-state index contributed by atoms with van der Waals surface area (Å²) in [7, 11) is -12.0. The van der Waals surface area contributed by atoms with E-state index in [0.29, 0.717) is 13.1 Å².